The Bertz CT molecular complexity index is 526. The van der Waals surface area contributed by atoms with Crippen LogP contribution < -0.4 is 11.1 Å². The zero-order chi connectivity index (χ0) is 15.7. The van der Waals surface area contributed by atoms with E-state index in [2.05, 4.69) is 5.32 Å². The highest BCUT2D eigenvalue weighted by Gasteiger charge is 2.46. The Morgan fingerprint density at radius 3 is 2.19 bits per heavy atom. The smallest absolute Gasteiger partial charge is 0.368 e. The van der Waals surface area contributed by atoms with Gasteiger partial charge in [-0.05, 0) is 18.6 Å². The summed E-state index contributed by atoms with van der Waals surface area (Å²) in [5.41, 5.74) is 3.09. The topological polar surface area (TPSA) is 58.4 Å². The number of nitrogens with zero attached hydrogens (tertiary/aromatic N) is 1. The number of carbonyl (C=O) groups excluding carboxylic acids is 1. The summed E-state index contributed by atoms with van der Waals surface area (Å²) in [4.78, 5) is 13.7. The van der Waals surface area contributed by atoms with Gasteiger partial charge in [0.15, 0.2) is 0 Å². The molecule has 1 atom stereocenters. The number of piperazine rings is 1. The average molecular weight is 301 g/mol. The fourth-order valence-corrected chi connectivity index (χ4v) is 2.73. The third-order valence-electron chi connectivity index (χ3n) is 3.99. The van der Waals surface area contributed by atoms with E-state index in [4.69, 9.17) is 5.73 Å². The molecule has 1 aliphatic rings. The molecule has 21 heavy (non-hydrogen) atoms. The first-order valence-corrected chi connectivity index (χ1v) is 6.70. The van der Waals surface area contributed by atoms with E-state index in [0.717, 1.165) is 6.07 Å². The molecule has 0 radical (unpaired) electrons. The Labute approximate surface area is 121 Å². The zero-order valence-electron chi connectivity index (χ0n) is 11.7. The highest BCUT2D eigenvalue weighted by Crippen LogP contribution is 2.39. The molecule has 0 saturated carbocycles. The van der Waals surface area contributed by atoms with Gasteiger partial charge in [0.1, 0.15) is 5.54 Å². The molecule has 1 aromatic carbocycles. The van der Waals surface area contributed by atoms with E-state index in [-0.39, 0.29) is 5.56 Å². The maximum absolute atomic E-state index is 13.2. The van der Waals surface area contributed by atoms with Crippen LogP contribution in [0.5, 0.6) is 0 Å². The monoisotopic (exact) mass is 301 g/mol. The number of halogens is 3. The number of benzene rings is 1. The van der Waals surface area contributed by atoms with Crippen LogP contribution in [0, 0.1) is 0 Å². The molecule has 0 spiro atoms. The van der Waals surface area contributed by atoms with Crippen molar-refractivity contribution >= 4 is 5.91 Å². The highest BCUT2D eigenvalue weighted by atomic mass is 19.4. The number of alkyl halides is 3. The molecule has 1 aromatic rings. The molecule has 1 saturated heterocycles. The summed E-state index contributed by atoms with van der Waals surface area (Å²) in [7, 11) is 0. The van der Waals surface area contributed by atoms with Crippen LogP contribution in [0.3, 0.4) is 0 Å². The molecule has 3 N–H and O–H groups in total. The Kier molecular flexibility index (Phi) is 4.25. The lowest BCUT2D eigenvalue weighted by atomic mass is 9.85. The van der Waals surface area contributed by atoms with Crippen LogP contribution in [0.4, 0.5) is 13.2 Å². The molecule has 7 heteroatoms. The van der Waals surface area contributed by atoms with Crippen molar-refractivity contribution in [2.45, 2.75) is 18.6 Å². The molecule has 0 aliphatic carbocycles. The highest BCUT2D eigenvalue weighted by molar-refractivity contribution is 5.86. The number of hydrogen-bond donors (Lipinski definition) is 2. The van der Waals surface area contributed by atoms with Crippen LogP contribution in [0.2, 0.25) is 0 Å². The average Bonchev–Trinajstić information content (AvgIpc) is 2.46. The van der Waals surface area contributed by atoms with Gasteiger partial charge in [-0.25, -0.2) is 0 Å². The van der Waals surface area contributed by atoms with E-state index < -0.39 is 23.2 Å². The first-order chi connectivity index (χ1) is 9.78. The predicted molar refractivity (Wildman–Crippen MR) is 72.4 cm³/mol. The molecule has 1 unspecified atom stereocenters. The number of primary amides is 1. The number of amides is 1. The molecule has 2 rings (SSSR count). The van der Waals surface area contributed by atoms with Crippen LogP contribution >= 0.6 is 0 Å². The molecule has 0 aromatic heterocycles. The van der Waals surface area contributed by atoms with Crippen LogP contribution in [0.1, 0.15) is 18.1 Å². The van der Waals surface area contributed by atoms with Gasteiger partial charge in [0, 0.05) is 26.2 Å². The summed E-state index contributed by atoms with van der Waals surface area (Å²) in [5.74, 6) is -0.777. The van der Waals surface area contributed by atoms with Gasteiger partial charge in [-0.3, -0.25) is 9.69 Å². The summed E-state index contributed by atoms with van der Waals surface area (Å²) >= 11 is 0. The molecule has 116 valence electrons. The van der Waals surface area contributed by atoms with E-state index in [1.54, 1.807) is 4.90 Å². The van der Waals surface area contributed by atoms with Gasteiger partial charge in [0.25, 0.3) is 0 Å². The van der Waals surface area contributed by atoms with Gasteiger partial charge < -0.3 is 11.1 Å². The van der Waals surface area contributed by atoms with Gasteiger partial charge in [-0.15, -0.1) is 0 Å². The third-order valence-corrected chi connectivity index (χ3v) is 3.99. The van der Waals surface area contributed by atoms with Crippen LogP contribution in [0.25, 0.3) is 0 Å². The lowest BCUT2D eigenvalue weighted by Crippen LogP contribution is -2.59. The van der Waals surface area contributed by atoms with E-state index in [1.165, 1.54) is 25.1 Å². The fourth-order valence-electron chi connectivity index (χ4n) is 2.73. The number of hydrogen-bond acceptors (Lipinski definition) is 3. The van der Waals surface area contributed by atoms with Gasteiger partial charge in [-0.1, -0.05) is 18.2 Å². The quantitative estimate of drug-likeness (QED) is 0.885. The van der Waals surface area contributed by atoms with Crippen molar-refractivity contribution in [1.29, 1.82) is 0 Å². The normalized spacial score (nSPS) is 20.0. The summed E-state index contributed by atoms with van der Waals surface area (Å²) in [6.07, 6.45) is -4.53. The minimum Gasteiger partial charge on any atom is -0.368 e. The van der Waals surface area contributed by atoms with Gasteiger partial charge in [0.2, 0.25) is 5.91 Å². The van der Waals surface area contributed by atoms with E-state index >= 15 is 0 Å². The second-order valence-corrected chi connectivity index (χ2v) is 5.22. The second kappa shape index (κ2) is 5.65. The lowest BCUT2D eigenvalue weighted by molar-refractivity contribution is -0.141. The van der Waals surface area contributed by atoms with Gasteiger partial charge in [0.05, 0.1) is 5.56 Å². The number of nitrogens with two attached hydrogens (primary N) is 1. The van der Waals surface area contributed by atoms with Crippen LogP contribution in [-0.2, 0) is 16.5 Å². The molecular formula is C14H18F3N3O. The maximum Gasteiger partial charge on any atom is 0.416 e. The van der Waals surface area contributed by atoms with Crippen LogP contribution in [0.15, 0.2) is 24.3 Å². The number of carbonyl (C=O) groups is 1. The summed E-state index contributed by atoms with van der Waals surface area (Å²) in [6.45, 7) is 3.61. The van der Waals surface area contributed by atoms with Crippen molar-refractivity contribution in [2.75, 3.05) is 26.2 Å². The summed E-state index contributed by atoms with van der Waals surface area (Å²) in [6, 6.07) is 5.12. The van der Waals surface area contributed by atoms with E-state index in [9.17, 15) is 18.0 Å². The van der Waals surface area contributed by atoms with Crippen molar-refractivity contribution in [1.82, 2.24) is 10.2 Å². The first-order valence-electron chi connectivity index (χ1n) is 6.70. The SMILES string of the molecule is CC(C(N)=O)(c1ccccc1C(F)(F)F)N1CCNCC1. The maximum atomic E-state index is 13.2. The molecule has 1 amide bonds. The molecule has 1 heterocycles. The lowest BCUT2D eigenvalue weighted by Gasteiger charge is -2.42. The largest absolute Gasteiger partial charge is 0.416 e. The van der Waals surface area contributed by atoms with Gasteiger partial charge >= 0.3 is 6.18 Å². The van der Waals surface area contributed by atoms with E-state index in [1.807, 2.05) is 0 Å². The second-order valence-electron chi connectivity index (χ2n) is 5.22. The van der Waals surface area contributed by atoms with Crippen molar-refractivity contribution in [3.8, 4) is 0 Å². The first kappa shape index (κ1) is 15.8. The molecule has 4 nitrogen and oxygen atoms in total. The molecule has 0 bridgehead atoms. The Hall–Kier alpha value is -1.60. The Morgan fingerprint density at radius 1 is 1.19 bits per heavy atom. The zero-order valence-corrected chi connectivity index (χ0v) is 11.7. The van der Waals surface area contributed by atoms with E-state index in [0.29, 0.717) is 26.2 Å². The van der Waals surface area contributed by atoms with Gasteiger partial charge in [-0.2, -0.15) is 13.2 Å². The molecule has 1 aliphatic heterocycles. The van der Waals surface area contributed by atoms with Crippen molar-refractivity contribution < 1.29 is 18.0 Å². The summed E-state index contributed by atoms with van der Waals surface area (Å²) in [5, 5.41) is 3.11. The third kappa shape index (κ3) is 2.89. The number of rotatable bonds is 3. The predicted octanol–water partition coefficient (Wildman–Crippen LogP) is 1.31. The number of nitrogens with one attached hydrogen (secondary N) is 1. The minimum absolute atomic E-state index is 0.0908. The van der Waals surface area contributed by atoms with Crippen molar-refractivity contribution in [3.63, 3.8) is 0 Å². The Balaban J connectivity index is 2.55. The fraction of sp³-hybridized carbons (Fsp3) is 0.500. The van der Waals surface area contributed by atoms with Crippen molar-refractivity contribution in [3.05, 3.63) is 35.4 Å². The molecular weight excluding hydrogens is 283 g/mol. The molecule has 1 fully saturated rings. The Morgan fingerprint density at radius 2 is 1.71 bits per heavy atom. The standard InChI is InChI=1S/C14H18F3N3O/c1-13(12(18)21,20-8-6-19-7-9-20)10-4-2-3-5-11(10)14(15,16)17/h2-5,19H,6-9H2,1H3,(H2,18,21). The minimum atomic E-state index is -4.53. The van der Waals surface area contributed by atoms with Crippen LogP contribution in [-0.4, -0.2) is 37.0 Å². The summed E-state index contributed by atoms with van der Waals surface area (Å²) < 4.78 is 39.7. The van der Waals surface area contributed by atoms with Crippen molar-refractivity contribution in [2.24, 2.45) is 5.73 Å².